The maximum Gasteiger partial charge on any atom is 0.118 e. The molecule has 2 N–H and O–H groups in total. The first-order valence-electron chi connectivity index (χ1n) is 6.98. The molecule has 4 heteroatoms. The molecule has 1 aromatic carbocycles. The molecule has 4 nitrogen and oxygen atoms in total. The molecule has 2 saturated heterocycles. The molecule has 0 aromatic heterocycles. The van der Waals surface area contributed by atoms with Gasteiger partial charge in [0.05, 0.1) is 20.3 Å². The SMILES string of the molecule is COc1ccc(CN2C3COCC2CC(N)C3)cc1. The van der Waals surface area contributed by atoms with E-state index in [1.54, 1.807) is 7.11 Å². The summed E-state index contributed by atoms with van der Waals surface area (Å²) in [6.45, 7) is 2.62. The Hall–Kier alpha value is -1.10. The van der Waals surface area contributed by atoms with Gasteiger partial charge in [-0.2, -0.15) is 0 Å². The normalized spacial score (nSPS) is 31.2. The highest BCUT2D eigenvalue weighted by molar-refractivity contribution is 5.27. The standard InChI is InChI=1S/C15H22N2O2/c1-18-15-4-2-11(3-5-15)8-17-13-6-12(16)7-14(17)10-19-9-13/h2-5,12-14H,6-10,16H2,1H3. The zero-order chi connectivity index (χ0) is 13.2. The highest BCUT2D eigenvalue weighted by Gasteiger charge is 2.37. The monoisotopic (exact) mass is 262 g/mol. The van der Waals surface area contributed by atoms with Crippen LogP contribution in [0.2, 0.25) is 0 Å². The summed E-state index contributed by atoms with van der Waals surface area (Å²) in [5, 5.41) is 0. The third-order valence-corrected chi connectivity index (χ3v) is 4.23. The molecule has 1 aromatic rings. The first-order valence-corrected chi connectivity index (χ1v) is 6.98. The fourth-order valence-electron chi connectivity index (χ4n) is 3.23. The molecule has 2 fully saturated rings. The van der Waals surface area contributed by atoms with Crippen molar-refractivity contribution in [3.8, 4) is 5.75 Å². The summed E-state index contributed by atoms with van der Waals surface area (Å²) < 4.78 is 10.9. The minimum atomic E-state index is 0.339. The zero-order valence-corrected chi connectivity index (χ0v) is 11.4. The van der Waals surface area contributed by atoms with Crippen molar-refractivity contribution in [1.29, 1.82) is 0 Å². The number of benzene rings is 1. The molecule has 2 aliphatic heterocycles. The van der Waals surface area contributed by atoms with Crippen LogP contribution in [0.5, 0.6) is 5.75 Å². The summed E-state index contributed by atoms with van der Waals surface area (Å²) in [7, 11) is 1.70. The number of rotatable bonds is 3. The average Bonchev–Trinajstić information content (AvgIpc) is 2.41. The number of nitrogens with two attached hydrogens (primary N) is 1. The molecule has 104 valence electrons. The van der Waals surface area contributed by atoms with Crippen LogP contribution in [0.25, 0.3) is 0 Å². The first-order chi connectivity index (χ1) is 9.26. The Morgan fingerprint density at radius 3 is 2.42 bits per heavy atom. The van der Waals surface area contributed by atoms with Gasteiger partial charge < -0.3 is 15.2 Å². The van der Waals surface area contributed by atoms with E-state index in [9.17, 15) is 0 Å². The van der Waals surface area contributed by atoms with Crippen molar-refractivity contribution in [1.82, 2.24) is 4.90 Å². The van der Waals surface area contributed by atoms with Gasteiger partial charge in [0.25, 0.3) is 0 Å². The van der Waals surface area contributed by atoms with Crippen molar-refractivity contribution in [2.75, 3.05) is 20.3 Å². The maximum atomic E-state index is 6.12. The van der Waals surface area contributed by atoms with Crippen molar-refractivity contribution in [2.45, 2.75) is 37.5 Å². The predicted molar refractivity (Wildman–Crippen MR) is 74.1 cm³/mol. The van der Waals surface area contributed by atoms with Crippen molar-refractivity contribution in [3.63, 3.8) is 0 Å². The zero-order valence-electron chi connectivity index (χ0n) is 11.4. The number of nitrogens with zero attached hydrogens (tertiary/aromatic N) is 1. The summed E-state index contributed by atoms with van der Waals surface area (Å²) in [6.07, 6.45) is 2.10. The van der Waals surface area contributed by atoms with Gasteiger partial charge in [-0.25, -0.2) is 0 Å². The third kappa shape index (κ3) is 2.76. The van der Waals surface area contributed by atoms with Crippen molar-refractivity contribution < 1.29 is 9.47 Å². The molecule has 0 aliphatic carbocycles. The lowest BCUT2D eigenvalue weighted by Crippen LogP contribution is -2.58. The van der Waals surface area contributed by atoms with Gasteiger partial charge in [0, 0.05) is 24.7 Å². The molecule has 2 bridgehead atoms. The van der Waals surface area contributed by atoms with E-state index in [0.29, 0.717) is 18.1 Å². The van der Waals surface area contributed by atoms with Crippen LogP contribution in [0.4, 0.5) is 0 Å². The maximum absolute atomic E-state index is 6.12. The molecule has 2 unspecified atom stereocenters. The van der Waals surface area contributed by atoms with Gasteiger partial charge >= 0.3 is 0 Å². The number of hydrogen-bond acceptors (Lipinski definition) is 4. The average molecular weight is 262 g/mol. The molecule has 2 aliphatic rings. The van der Waals surface area contributed by atoms with Crippen LogP contribution in [0.1, 0.15) is 18.4 Å². The summed E-state index contributed by atoms with van der Waals surface area (Å²) >= 11 is 0. The van der Waals surface area contributed by atoms with Gasteiger partial charge in [0.15, 0.2) is 0 Å². The van der Waals surface area contributed by atoms with Gasteiger partial charge in [-0.3, -0.25) is 4.90 Å². The van der Waals surface area contributed by atoms with Crippen LogP contribution >= 0.6 is 0 Å². The van der Waals surface area contributed by atoms with E-state index >= 15 is 0 Å². The lowest BCUT2D eigenvalue weighted by atomic mass is 9.90. The van der Waals surface area contributed by atoms with E-state index in [1.807, 2.05) is 12.1 Å². The van der Waals surface area contributed by atoms with Crippen molar-refractivity contribution in [3.05, 3.63) is 29.8 Å². The minimum absolute atomic E-state index is 0.339. The fourth-order valence-corrected chi connectivity index (χ4v) is 3.23. The number of fused-ring (bicyclic) bond motifs is 2. The highest BCUT2D eigenvalue weighted by atomic mass is 16.5. The Labute approximate surface area is 114 Å². The van der Waals surface area contributed by atoms with E-state index in [-0.39, 0.29) is 0 Å². The van der Waals surface area contributed by atoms with Gasteiger partial charge in [-0.05, 0) is 30.5 Å². The van der Waals surface area contributed by atoms with E-state index < -0.39 is 0 Å². The van der Waals surface area contributed by atoms with Crippen LogP contribution in [0, 0.1) is 0 Å². The number of hydrogen-bond donors (Lipinski definition) is 1. The Balaban J connectivity index is 1.71. The summed E-state index contributed by atoms with van der Waals surface area (Å²) in [4.78, 5) is 2.56. The number of piperidine rings is 1. The second kappa shape index (κ2) is 5.49. The fraction of sp³-hybridized carbons (Fsp3) is 0.600. The Kier molecular flexibility index (Phi) is 3.73. The Bertz CT molecular complexity index is 407. The Morgan fingerprint density at radius 2 is 1.84 bits per heavy atom. The predicted octanol–water partition coefficient (Wildman–Crippen LogP) is 1.39. The summed E-state index contributed by atoms with van der Waals surface area (Å²) in [5.74, 6) is 0.910. The number of ether oxygens (including phenoxy) is 2. The summed E-state index contributed by atoms with van der Waals surface area (Å²) in [6, 6.07) is 9.63. The molecule has 0 amide bonds. The van der Waals surface area contributed by atoms with Gasteiger partial charge in [-0.1, -0.05) is 12.1 Å². The van der Waals surface area contributed by atoms with E-state index in [4.69, 9.17) is 15.2 Å². The molecule has 0 saturated carbocycles. The molecule has 3 rings (SSSR count). The van der Waals surface area contributed by atoms with Gasteiger partial charge in [0.1, 0.15) is 5.75 Å². The number of morpholine rings is 1. The van der Waals surface area contributed by atoms with Crippen molar-refractivity contribution >= 4 is 0 Å². The second-order valence-corrected chi connectivity index (χ2v) is 5.60. The largest absolute Gasteiger partial charge is 0.497 e. The second-order valence-electron chi connectivity index (χ2n) is 5.60. The van der Waals surface area contributed by atoms with Crippen LogP contribution in [-0.4, -0.2) is 43.3 Å². The topological polar surface area (TPSA) is 47.7 Å². The molecular formula is C15H22N2O2. The molecule has 0 radical (unpaired) electrons. The summed E-state index contributed by atoms with van der Waals surface area (Å²) in [5.41, 5.74) is 7.45. The van der Waals surface area contributed by atoms with Crippen LogP contribution < -0.4 is 10.5 Å². The molecular weight excluding hydrogens is 240 g/mol. The van der Waals surface area contributed by atoms with E-state index in [2.05, 4.69) is 17.0 Å². The van der Waals surface area contributed by atoms with Crippen LogP contribution in [0.15, 0.2) is 24.3 Å². The lowest BCUT2D eigenvalue weighted by molar-refractivity contribution is -0.0819. The van der Waals surface area contributed by atoms with E-state index in [1.165, 1.54) is 5.56 Å². The molecule has 19 heavy (non-hydrogen) atoms. The van der Waals surface area contributed by atoms with Crippen LogP contribution in [-0.2, 0) is 11.3 Å². The molecule has 2 heterocycles. The van der Waals surface area contributed by atoms with Gasteiger partial charge in [-0.15, -0.1) is 0 Å². The van der Waals surface area contributed by atoms with Gasteiger partial charge in [0.2, 0.25) is 0 Å². The lowest BCUT2D eigenvalue weighted by Gasteiger charge is -2.47. The number of methoxy groups -OCH3 is 1. The third-order valence-electron chi connectivity index (χ3n) is 4.23. The minimum Gasteiger partial charge on any atom is -0.497 e. The smallest absolute Gasteiger partial charge is 0.118 e. The van der Waals surface area contributed by atoms with E-state index in [0.717, 1.165) is 38.3 Å². The highest BCUT2D eigenvalue weighted by Crippen LogP contribution is 2.28. The molecule has 2 atom stereocenters. The van der Waals surface area contributed by atoms with Crippen LogP contribution in [0.3, 0.4) is 0 Å². The molecule has 0 spiro atoms. The quantitative estimate of drug-likeness (QED) is 0.894. The Morgan fingerprint density at radius 1 is 1.21 bits per heavy atom. The van der Waals surface area contributed by atoms with Crippen molar-refractivity contribution in [2.24, 2.45) is 5.73 Å². The first kappa shape index (κ1) is 12.9.